The van der Waals surface area contributed by atoms with Crippen LogP contribution in [0.5, 0.6) is 0 Å². The SMILES string of the molecule is O=C(O)C(c1ccc(Cl)cc1Cl)N1CC(CN2CCC(O)(CCCc3ccccc3)CC2)C(c2ccsc2)C1. The van der Waals surface area contributed by atoms with Crippen LogP contribution in [-0.4, -0.2) is 64.3 Å². The van der Waals surface area contributed by atoms with Crippen molar-refractivity contribution in [3.05, 3.63) is 92.1 Å². The van der Waals surface area contributed by atoms with Crippen molar-refractivity contribution >= 4 is 40.5 Å². The summed E-state index contributed by atoms with van der Waals surface area (Å²) in [5, 5.41) is 26.7. The van der Waals surface area contributed by atoms with E-state index in [1.165, 1.54) is 11.1 Å². The molecule has 2 fully saturated rings. The summed E-state index contributed by atoms with van der Waals surface area (Å²) < 4.78 is 0. The van der Waals surface area contributed by atoms with Crippen LogP contribution in [-0.2, 0) is 11.2 Å². The lowest BCUT2D eigenvalue weighted by molar-refractivity contribution is -0.143. The lowest BCUT2D eigenvalue weighted by Gasteiger charge is -2.40. The number of halogens is 2. The minimum Gasteiger partial charge on any atom is -0.480 e. The van der Waals surface area contributed by atoms with Crippen molar-refractivity contribution in [2.24, 2.45) is 5.92 Å². The molecule has 2 saturated heterocycles. The largest absolute Gasteiger partial charge is 0.480 e. The molecule has 3 unspecified atom stereocenters. The average Bonchev–Trinajstić information content (AvgIpc) is 3.58. The second-order valence-electron chi connectivity index (χ2n) is 11.1. The van der Waals surface area contributed by atoms with E-state index in [9.17, 15) is 15.0 Å². The number of benzene rings is 2. The van der Waals surface area contributed by atoms with Gasteiger partial charge in [0.05, 0.1) is 5.60 Å². The Balaban J connectivity index is 1.23. The molecule has 3 atom stereocenters. The van der Waals surface area contributed by atoms with Crippen molar-refractivity contribution in [2.75, 3.05) is 32.7 Å². The van der Waals surface area contributed by atoms with Crippen molar-refractivity contribution < 1.29 is 15.0 Å². The van der Waals surface area contributed by atoms with Crippen LogP contribution in [0, 0.1) is 5.92 Å². The molecule has 0 amide bonds. The Kier molecular flexibility index (Phi) is 9.32. The first-order valence-corrected chi connectivity index (χ1v) is 15.4. The number of piperidine rings is 1. The zero-order chi connectivity index (χ0) is 27.4. The highest BCUT2D eigenvalue weighted by molar-refractivity contribution is 7.08. The molecule has 208 valence electrons. The van der Waals surface area contributed by atoms with Gasteiger partial charge in [-0.25, -0.2) is 0 Å². The molecule has 2 aliphatic heterocycles. The van der Waals surface area contributed by atoms with Gasteiger partial charge in [0, 0.05) is 48.7 Å². The lowest BCUT2D eigenvalue weighted by atomic mass is 9.84. The first-order chi connectivity index (χ1) is 18.8. The van der Waals surface area contributed by atoms with Crippen LogP contribution in [0.4, 0.5) is 0 Å². The van der Waals surface area contributed by atoms with Crippen LogP contribution < -0.4 is 0 Å². The Bertz CT molecular complexity index is 1230. The molecule has 3 heterocycles. The number of thiophene rings is 1. The molecule has 5 nitrogen and oxygen atoms in total. The van der Waals surface area contributed by atoms with Crippen molar-refractivity contribution in [3.63, 3.8) is 0 Å². The molecule has 5 rings (SSSR count). The zero-order valence-corrected chi connectivity index (χ0v) is 24.3. The number of hydrogen-bond acceptors (Lipinski definition) is 5. The van der Waals surface area contributed by atoms with Gasteiger partial charge < -0.3 is 15.1 Å². The third-order valence-corrected chi connectivity index (χ3v) is 9.79. The number of carbonyl (C=O) groups is 1. The molecular weight excluding hydrogens is 551 g/mol. The fraction of sp³-hybridized carbons (Fsp3) is 0.452. The van der Waals surface area contributed by atoms with E-state index in [1.807, 2.05) is 6.07 Å². The summed E-state index contributed by atoms with van der Waals surface area (Å²) >= 11 is 14.2. The molecule has 0 bridgehead atoms. The highest BCUT2D eigenvalue weighted by Crippen LogP contribution is 2.41. The average molecular weight is 588 g/mol. The predicted octanol–water partition coefficient (Wildman–Crippen LogP) is 6.75. The van der Waals surface area contributed by atoms with E-state index in [4.69, 9.17) is 23.2 Å². The van der Waals surface area contributed by atoms with Gasteiger partial charge in [-0.05, 0) is 83.7 Å². The van der Waals surface area contributed by atoms with Crippen LogP contribution >= 0.6 is 34.5 Å². The Labute approximate surface area is 245 Å². The highest BCUT2D eigenvalue weighted by atomic mass is 35.5. The number of aliphatic carboxylic acids is 1. The zero-order valence-electron chi connectivity index (χ0n) is 22.0. The Hall–Kier alpha value is -1.93. The normalized spacial score (nSPS) is 22.6. The van der Waals surface area contributed by atoms with Gasteiger partial charge in [-0.1, -0.05) is 59.6 Å². The summed E-state index contributed by atoms with van der Waals surface area (Å²) in [4.78, 5) is 17.0. The number of carboxylic acid groups (broad SMARTS) is 1. The van der Waals surface area contributed by atoms with Crippen molar-refractivity contribution in [2.45, 2.75) is 49.7 Å². The Morgan fingerprint density at radius 1 is 1.08 bits per heavy atom. The molecule has 8 heteroatoms. The number of likely N-dealkylation sites (tertiary alicyclic amines) is 2. The van der Waals surface area contributed by atoms with E-state index in [-0.39, 0.29) is 11.8 Å². The molecule has 0 saturated carbocycles. The third-order valence-electron chi connectivity index (χ3n) is 8.53. The number of rotatable bonds is 10. The molecule has 0 aliphatic carbocycles. The highest BCUT2D eigenvalue weighted by Gasteiger charge is 2.42. The molecule has 39 heavy (non-hydrogen) atoms. The molecule has 1 aromatic heterocycles. The fourth-order valence-corrected chi connectivity index (χ4v) is 7.61. The maximum Gasteiger partial charge on any atom is 0.325 e. The molecule has 0 radical (unpaired) electrons. The third kappa shape index (κ3) is 7.05. The maximum atomic E-state index is 12.5. The van der Waals surface area contributed by atoms with Gasteiger partial charge in [-0.3, -0.25) is 9.69 Å². The second-order valence-corrected chi connectivity index (χ2v) is 12.8. The van der Waals surface area contributed by atoms with Crippen LogP contribution in [0.2, 0.25) is 10.0 Å². The summed E-state index contributed by atoms with van der Waals surface area (Å²) in [5.74, 6) is -0.366. The summed E-state index contributed by atoms with van der Waals surface area (Å²) in [6.45, 7) is 3.95. The summed E-state index contributed by atoms with van der Waals surface area (Å²) in [5.41, 5.74) is 2.58. The smallest absolute Gasteiger partial charge is 0.325 e. The summed E-state index contributed by atoms with van der Waals surface area (Å²) in [6.07, 6.45) is 4.36. The first-order valence-electron chi connectivity index (χ1n) is 13.7. The predicted molar refractivity (Wildman–Crippen MR) is 159 cm³/mol. The first kappa shape index (κ1) is 28.6. The van der Waals surface area contributed by atoms with Crippen molar-refractivity contribution in [3.8, 4) is 0 Å². The topological polar surface area (TPSA) is 64.0 Å². The number of aryl methyl sites for hydroxylation is 1. The Morgan fingerprint density at radius 2 is 1.85 bits per heavy atom. The van der Waals surface area contributed by atoms with Gasteiger partial charge in [0.25, 0.3) is 0 Å². The van der Waals surface area contributed by atoms with Crippen molar-refractivity contribution in [1.82, 2.24) is 9.80 Å². The monoisotopic (exact) mass is 586 g/mol. The second kappa shape index (κ2) is 12.7. The standard InChI is InChI=1S/C31H36Cl2N2O3S/c32-25-8-9-26(28(33)17-25)29(30(36)37)35-19-24(27(20-35)23-10-16-39-21-23)18-34-14-12-31(38,13-15-34)11-4-7-22-5-2-1-3-6-22/h1-3,5-6,8-10,16-17,21,24,27,29,38H,4,7,11-15,18-20H2,(H,36,37). The minimum absolute atomic E-state index is 0.246. The van der Waals surface area contributed by atoms with Crippen LogP contribution in [0.3, 0.4) is 0 Å². The van der Waals surface area contributed by atoms with E-state index < -0.39 is 17.6 Å². The number of nitrogens with zero attached hydrogens (tertiary/aromatic N) is 2. The molecule has 3 aromatic rings. The molecule has 2 aliphatic rings. The molecule has 2 N–H and O–H groups in total. The minimum atomic E-state index is -0.900. The van der Waals surface area contributed by atoms with E-state index in [0.717, 1.165) is 51.7 Å². The van der Waals surface area contributed by atoms with Crippen molar-refractivity contribution in [1.29, 1.82) is 0 Å². The van der Waals surface area contributed by atoms with Crippen LogP contribution in [0.1, 0.15) is 54.3 Å². The molecule has 0 spiro atoms. The maximum absolute atomic E-state index is 12.5. The van der Waals surface area contributed by atoms with Crippen LogP contribution in [0.15, 0.2) is 65.4 Å². The van der Waals surface area contributed by atoms with Gasteiger partial charge in [0.15, 0.2) is 0 Å². The number of carboxylic acids is 1. The summed E-state index contributed by atoms with van der Waals surface area (Å²) in [7, 11) is 0. The molecule has 2 aromatic carbocycles. The fourth-order valence-electron chi connectivity index (χ4n) is 6.37. The number of aliphatic hydroxyl groups is 1. The van der Waals surface area contributed by atoms with E-state index in [2.05, 4.69) is 50.9 Å². The van der Waals surface area contributed by atoms with Gasteiger partial charge in [0.1, 0.15) is 6.04 Å². The summed E-state index contributed by atoms with van der Waals surface area (Å²) in [6, 6.07) is 16.9. The van der Waals surface area contributed by atoms with E-state index in [0.29, 0.717) is 28.7 Å². The van der Waals surface area contributed by atoms with Gasteiger partial charge in [-0.15, -0.1) is 0 Å². The van der Waals surface area contributed by atoms with E-state index in [1.54, 1.807) is 29.5 Å². The van der Waals surface area contributed by atoms with Gasteiger partial charge >= 0.3 is 5.97 Å². The van der Waals surface area contributed by atoms with Gasteiger partial charge in [-0.2, -0.15) is 11.3 Å². The number of hydrogen-bond donors (Lipinski definition) is 2. The molecular formula is C31H36Cl2N2O3S. The Morgan fingerprint density at radius 3 is 2.51 bits per heavy atom. The van der Waals surface area contributed by atoms with Crippen LogP contribution in [0.25, 0.3) is 0 Å². The lowest BCUT2D eigenvalue weighted by Crippen LogP contribution is -2.46. The van der Waals surface area contributed by atoms with Gasteiger partial charge in [0.2, 0.25) is 0 Å². The van der Waals surface area contributed by atoms with E-state index >= 15 is 0 Å². The quantitative estimate of drug-likeness (QED) is 0.275.